The predicted octanol–water partition coefficient (Wildman–Crippen LogP) is 6.18. The topological polar surface area (TPSA) is 137 Å². The number of rotatable bonds is 6. The molecule has 3 N–H and O–H groups in total. The van der Waals surface area contributed by atoms with Crippen LogP contribution >= 0.6 is 11.3 Å². The molecule has 7 heterocycles. The van der Waals surface area contributed by atoms with Gasteiger partial charge in [0.25, 0.3) is 5.91 Å². The Kier molecular flexibility index (Phi) is 11.1. The van der Waals surface area contributed by atoms with Crippen LogP contribution in [-0.4, -0.2) is 101 Å². The number of hydrazine groups is 1. The van der Waals surface area contributed by atoms with E-state index >= 15 is 0 Å². The molecule has 0 spiro atoms. The number of carbonyl (C=O) groups excluding carboxylic acids is 2. The summed E-state index contributed by atoms with van der Waals surface area (Å²) in [5, 5.41) is 5.51. The number of fused-ring (bicyclic) bond motifs is 6. The van der Waals surface area contributed by atoms with E-state index in [0.717, 1.165) is 89.8 Å². The molecular weight excluding hydrogens is 727 g/mol. The zero-order valence-corrected chi connectivity index (χ0v) is 34.5. The summed E-state index contributed by atoms with van der Waals surface area (Å²) in [6, 6.07) is 8.11. The van der Waals surface area contributed by atoms with Crippen LogP contribution < -0.4 is 11.2 Å². The number of esters is 1. The van der Waals surface area contributed by atoms with Gasteiger partial charge < -0.3 is 24.5 Å². The number of nitrogens with zero attached hydrogens (tertiary/aromatic N) is 5. The number of aryl methyl sites for hydroxylation is 1. The fourth-order valence-electron chi connectivity index (χ4n) is 8.96. The number of thiazole rings is 1. The van der Waals surface area contributed by atoms with Crippen LogP contribution in [0.5, 0.6) is 0 Å². The van der Waals surface area contributed by atoms with Gasteiger partial charge in [0.15, 0.2) is 0 Å². The highest BCUT2D eigenvalue weighted by Gasteiger charge is 2.37. The van der Waals surface area contributed by atoms with Gasteiger partial charge in [0.05, 0.1) is 60.1 Å². The summed E-state index contributed by atoms with van der Waals surface area (Å²) >= 11 is 1.53. The lowest BCUT2D eigenvalue weighted by Crippen LogP contribution is -2.59. The Balaban J connectivity index is 1.26. The van der Waals surface area contributed by atoms with Crippen molar-refractivity contribution in [2.24, 2.45) is 11.1 Å². The van der Waals surface area contributed by atoms with Gasteiger partial charge in [-0.2, -0.15) is 0 Å². The van der Waals surface area contributed by atoms with Gasteiger partial charge in [-0.15, -0.1) is 11.3 Å². The summed E-state index contributed by atoms with van der Waals surface area (Å²) < 4.78 is 20.0. The minimum atomic E-state index is -0.817. The summed E-state index contributed by atoms with van der Waals surface area (Å²) in [4.78, 5) is 40.1. The van der Waals surface area contributed by atoms with Crippen LogP contribution in [0.3, 0.4) is 0 Å². The molecule has 1 amide bonds. The molecule has 8 rings (SSSR count). The van der Waals surface area contributed by atoms with E-state index in [9.17, 15) is 9.59 Å². The number of amides is 1. The van der Waals surface area contributed by atoms with E-state index in [-0.39, 0.29) is 30.5 Å². The second-order valence-electron chi connectivity index (χ2n) is 17.0. The lowest BCUT2D eigenvalue weighted by molar-refractivity contribution is -0.155. The number of likely N-dealkylation sites (tertiary alicyclic amines) is 1. The van der Waals surface area contributed by atoms with Crippen LogP contribution in [0, 0.1) is 5.41 Å². The van der Waals surface area contributed by atoms with Gasteiger partial charge in [0.1, 0.15) is 6.04 Å². The number of pyridine rings is 1. The third-order valence-electron chi connectivity index (χ3n) is 12.6. The molecular formula is C43H57N7O5S. The van der Waals surface area contributed by atoms with Crippen molar-refractivity contribution in [3.05, 3.63) is 57.7 Å². The number of ether oxygens (including phenoxy) is 3. The second kappa shape index (κ2) is 15.9. The number of hydrogen-bond donors (Lipinski definition) is 2. The smallest absolute Gasteiger partial charge is 0.324 e. The van der Waals surface area contributed by atoms with Crippen LogP contribution in [0.15, 0.2) is 35.8 Å². The third-order valence-corrected chi connectivity index (χ3v) is 13.6. The maximum Gasteiger partial charge on any atom is 0.324 e. The van der Waals surface area contributed by atoms with Gasteiger partial charge in [-0.1, -0.05) is 26.8 Å². The second-order valence-corrected chi connectivity index (χ2v) is 17.9. The highest BCUT2D eigenvalue weighted by atomic mass is 32.1. The Labute approximate surface area is 334 Å². The molecule has 0 aliphatic carbocycles. The van der Waals surface area contributed by atoms with Gasteiger partial charge in [-0.3, -0.25) is 24.5 Å². The summed E-state index contributed by atoms with van der Waals surface area (Å²) in [6.07, 6.45) is 5.93. The van der Waals surface area contributed by atoms with Gasteiger partial charge >= 0.3 is 5.97 Å². The number of piperidine rings is 1. The van der Waals surface area contributed by atoms with E-state index in [1.54, 1.807) is 7.11 Å². The van der Waals surface area contributed by atoms with Crippen molar-refractivity contribution in [2.45, 2.75) is 109 Å². The zero-order chi connectivity index (χ0) is 39.3. The Bertz CT molecular complexity index is 2080. The maximum absolute atomic E-state index is 13.6. The molecule has 1 aromatic carbocycles. The molecule has 12 nitrogen and oxygen atoms in total. The van der Waals surface area contributed by atoms with Crippen LogP contribution in [0.25, 0.3) is 33.4 Å². The van der Waals surface area contributed by atoms with Gasteiger partial charge in [-0.25, -0.2) is 10.4 Å². The molecule has 3 fully saturated rings. The molecule has 300 valence electrons. The van der Waals surface area contributed by atoms with Crippen molar-refractivity contribution >= 4 is 34.1 Å². The SMILES string of the molecule is CCn1c(-c2cc(C3CCN(C4COC4)CC3)cnc2[C@H](C)OC)c2c3cc(ccc31)-c1csc(n1)[C@@H](C)[C@H](N)C(=O)N1CCC[C@H](N1)C(=O)OCC(C)(C)C2. The average molecular weight is 784 g/mol. The molecule has 13 heteroatoms. The van der Waals surface area contributed by atoms with Crippen molar-refractivity contribution in [1.29, 1.82) is 0 Å². The number of hydrogen-bond acceptors (Lipinski definition) is 11. The molecule has 4 aliphatic heterocycles. The average Bonchev–Trinajstić information content (AvgIpc) is 3.81. The molecule has 0 unspecified atom stereocenters. The number of benzene rings is 1. The maximum atomic E-state index is 13.6. The lowest BCUT2D eigenvalue weighted by Gasteiger charge is -2.41. The molecule has 4 atom stereocenters. The fraction of sp³-hybridized carbons (Fsp3) is 0.581. The summed E-state index contributed by atoms with van der Waals surface area (Å²) in [6.45, 7) is 15.8. The van der Waals surface area contributed by atoms with Crippen LogP contribution in [-0.2, 0) is 36.8 Å². The number of methoxy groups -OCH3 is 1. The Morgan fingerprint density at radius 2 is 1.91 bits per heavy atom. The Hall–Kier alpha value is -3.72. The molecule has 4 aromatic rings. The Morgan fingerprint density at radius 1 is 1.12 bits per heavy atom. The van der Waals surface area contributed by atoms with E-state index < -0.39 is 17.5 Å². The minimum Gasteiger partial charge on any atom is -0.464 e. The van der Waals surface area contributed by atoms with Crippen molar-refractivity contribution in [1.82, 2.24) is 29.9 Å². The summed E-state index contributed by atoms with van der Waals surface area (Å²) in [5.74, 6) is -0.507. The van der Waals surface area contributed by atoms with Crippen LogP contribution in [0.1, 0.15) is 100 Å². The Morgan fingerprint density at radius 3 is 2.62 bits per heavy atom. The monoisotopic (exact) mass is 783 g/mol. The van der Waals surface area contributed by atoms with Crippen molar-refractivity contribution in [3.63, 3.8) is 0 Å². The molecule has 6 bridgehead atoms. The van der Waals surface area contributed by atoms with Gasteiger partial charge in [0.2, 0.25) is 0 Å². The quantitative estimate of drug-likeness (QED) is 0.218. The van der Waals surface area contributed by atoms with E-state index in [1.807, 2.05) is 6.92 Å². The molecule has 3 saturated heterocycles. The normalized spacial score (nSPS) is 24.8. The number of carbonyl (C=O) groups is 2. The fourth-order valence-corrected chi connectivity index (χ4v) is 9.89. The standard InChI is InChI=1S/C43H57N7O5S/c1-7-49-36-11-10-28-17-31(36)33(39(49)32-18-29(20-45-38(32)26(3)53-6)27-12-15-48(16-13-27)30-21-54-22-30)19-43(4,5)24-55-42(52)34-9-8-14-50(47-34)41(51)37(44)25(2)40-46-35(28)23-56-40/h10-11,17-18,20,23,25-27,30,34,37,47H,7-9,12-16,19,21-22,24,44H2,1-6H3/t25-,26-,34-,37-/m0/s1. The number of cyclic esters (lactones) is 1. The van der Waals surface area contributed by atoms with E-state index in [1.165, 1.54) is 27.5 Å². The van der Waals surface area contributed by atoms with E-state index in [4.69, 9.17) is 29.9 Å². The van der Waals surface area contributed by atoms with E-state index in [2.05, 4.69) is 78.4 Å². The number of nitrogens with two attached hydrogens (primary N) is 1. The molecule has 56 heavy (non-hydrogen) atoms. The summed E-state index contributed by atoms with van der Waals surface area (Å²) in [5.41, 5.74) is 17.9. The van der Waals surface area contributed by atoms with Gasteiger partial charge in [0, 0.05) is 65.1 Å². The van der Waals surface area contributed by atoms with Crippen LogP contribution in [0.2, 0.25) is 0 Å². The molecule has 3 aromatic heterocycles. The first kappa shape index (κ1) is 39.1. The molecule has 0 saturated carbocycles. The van der Waals surface area contributed by atoms with E-state index in [0.29, 0.717) is 37.8 Å². The summed E-state index contributed by atoms with van der Waals surface area (Å²) in [7, 11) is 1.75. The van der Waals surface area contributed by atoms with Crippen LogP contribution in [0.4, 0.5) is 0 Å². The zero-order valence-electron chi connectivity index (χ0n) is 33.7. The first-order chi connectivity index (χ1) is 27.0. The number of nitrogens with one attached hydrogen (secondary N) is 1. The van der Waals surface area contributed by atoms with Crippen molar-refractivity contribution in [3.8, 4) is 22.5 Å². The molecule has 0 radical (unpaired) electrons. The van der Waals surface area contributed by atoms with Gasteiger partial charge in [-0.05, 0) is 94.3 Å². The predicted molar refractivity (Wildman–Crippen MR) is 218 cm³/mol. The third kappa shape index (κ3) is 7.42. The van der Waals surface area contributed by atoms with Crippen molar-refractivity contribution in [2.75, 3.05) is 46.6 Å². The first-order valence-corrected chi connectivity index (χ1v) is 21.3. The lowest BCUT2D eigenvalue weighted by atomic mass is 9.83. The molecule has 4 aliphatic rings. The highest BCUT2D eigenvalue weighted by molar-refractivity contribution is 7.10. The first-order valence-electron chi connectivity index (χ1n) is 20.4. The van der Waals surface area contributed by atoms with Crippen molar-refractivity contribution < 1.29 is 23.8 Å². The number of aromatic nitrogens is 3. The highest BCUT2D eigenvalue weighted by Crippen LogP contribution is 2.43. The largest absolute Gasteiger partial charge is 0.464 e. The minimum absolute atomic E-state index is 0.214.